The average molecular weight is 265 g/mol. The fourth-order valence-electron chi connectivity index (χ4n) is 2.16. The van der Waals surface area contributed by atoms with Gasteiger partial charge in [0.05, 0.1) is 7.11 Å². The average Bonchev–Trinajstić information content (AvgIpc) is 2.40. The summed E-state index contributed by atoms with van der Waals surface area (Å²) in [6.45, 7) is 1.01. The van der Waals surface area contributed by atoms with Gasteiger partial charge in [0, 0.05) is 42.5 Å². The van der Waals surface area contributed by atoms with Gasteiger partial charge >= 0.3 is 0 Å². The number of hydrogen-bond acceptors (Lipinski definition) is 4. The van der Waals surface area contributed by atoms with Crippen molar-refractivity contribution < 1.29 is 9.53 Å². The third-order valence-electron chi connectivity index (χ3n) is 3.05. The second-order valence-electron chi connectivity index (χ2n) is 4.46. The van der Waals surface area contributed by atoms with Crippen LogP contribution in [0.15, 0.2) is 24.3 Å². The summed E-state index contributed by atoms with van der Waals surface area (Å²) in [5.41, 5.74) is 0.980. The van der Waals surface area contributed by atoms with Crippen molar-refractivity contribution in [3.63, 3.8) is 0 Å². The Kier molecular flexibility index (Phi) is 5.08. The molecule has 0 amide bonds. The van der Waals surface area contributed by atoms with Crippen molar-refractivity contribution in [1.82, 2.24) is 5.32 Å². The van der Waals surface area contributed by atoms with Crippen LogP contribution in [0.25, 0.3) is 0 Å². The van der Waals surface area contributed by atoms with Gasteiger partial charge in [0.2, 0.25) is 0 Å². The predicted octanol–water partition coefficient (Wildman–Crippen LogP) is 1.90. The number of hydrogen-bond donors (Lipinski definition) is 1. The summed E-state index contributed by atoms with van der Waals surface area (Å²) in [6, 6.07) is 8.06. The standard InChI is InChI=1S/C14H19NO2S/c1-17-14-5-3-2-4-11(14)8-13(16)9-12-10-18-7-6-15-12/h2-5,12,15H,6-10H2,1H3. The largest absolute Gasteiger partial charge is 0.496 e. The summed E-state index contributed by atoms with van der Waals surface area (Å²) >= 11 is 1.92. The lowest BCUT2D eigenvalue weighted by Gasteiger charge is -2.22. The predicted molar refractivity (Wildman–Crippen MR) is 75.4 cm³/mol. The summed E-state index contributed by atoms with van der Waals surface area (Å²) in [5.74, 6) is 3.27. The van der Waals surface area contributed by atoms with E-state index in [1.807, 2.05) is 36.0 Å². The maximum Gasteiger partial charge on any atom is 0.138 e. The van der Waals surface area contributed by atoms with E-state index in [-0.39, 0.29) is 5.78 Å². The fourth-order valence-corrected chi connectivity index (χ4v) is 3.11. The van der Waals surface area contributed by atoms with E-state index in [0.717, 1.165) is 29.4 Å². The van der Waals surface area contributed by atoms with E-state index in [9.17, 15) is 4.79 Å². The van der Waals surface area contributed by atoms with Crippen molar-refractivity contribution in [2.24, 2.45) is 0 Å². The number of nitrogens with one attached hydrogen (secondary N) is 1. The lowest BCUT2D eigenvalue weighted by molar-refractivity contribution is -0.118. The van der Waals surface area contributed by atoms with Crippen LogP contribution in [0.1, 0.15) is 12.0 Å². The Balaban J connectivity index is 1.90. The molecule has 0 saturated carbocycles. The van der Waals surface area contributed by atoms with Crippen LogP contribution in [0.5, 0.6) is 5.75 Å². The third-order valence-corrected chi connectivity index (χ3v) is 4.18. The van der Waals surface area contributed by atoms with Gasteiger partial charge in [0.1, 0.15) is 11.5 Å². The van der Waals surface area contributed by atoms with Gasteiger partial charge in [0.25, 0.3) is 0 Å². The molecule has 1 N–H and O–H groups in total. The van der Waals surface area contributed by atoms with Crippen molar-refractivity contribution in [3.8, 4) is 5.75 Å². The highest BCUT2D eigenvalue weighted by Gasteiger charge is 2.17. The Labute approximate surface area is 112 Å². The zero-order valence-electron chi connectivity index (χ0n) is 10.6. The molecule has 1 atom stereocenters. The van der Waals surface area contributed by atoms with Crippen molar-refractivity contribution >= 4 is 17.5 Å². The number of thioether (sulfide) groups is 1. The molecule has 1 heterocycles. The van der Waals surface area contributed by atoms with Crippen molar-refractivity contribution in [3.05, 3.63) is 29.8 Å². The number of Topliss-reactive ketones (excluding diaryl/α,β-unsaturated/α-hetero) is 1. The van der Waals surface area contributed by atoms with Crippen LogP contribution in [0.4, 0.5) is 0 Å². The van der Waals surface area contributed by atoms with E-state index in [1.54, 1.807) is 7.11 Å². The summed E-state index contributed by atoms with van der Waals surface area (Å²) in [7, 11) is 1.64. The summed E-state index contributed by atoms with van der Waals surface area (Å²) < 4.78 is 5.26. The Morgan fingerprint density at radius 3 is 3.06 bits per heavy atom. The molecule has 2 rings (SSSR count). The molecular weight excluding hydrogens is 246 g/mol. The first kappa shape index (κ1) is 13.4. The molecule has 98 valence electrons. The fraction of sp³-hybridized carbons (Fsp3) is 0.500. The van der Waals surface area contributed by atoms with Crippen LogP contribution < -0.4 is 10.1 Å². The van der Waals surface area contributed by atoms with Crippen LogP contribution in [0.3, 0.4) is 0 Å². The van der Waals surface area contributed by atoms with E-state index in [2.05, 4.69) is 5.32 Å². The molecule has 0 aliphatic carbocycles. The van der Waals surface area contributed by atoms with Crippen molar-refractivity contribution in [2.75, 3.05) is 25.2 Å². The molecule has 1 aromatic rings. The minimum atomic E-state index is 0.277. The molecule has 1 fully saturated rings. The number of rotatable bonds is 5. The van der Waals surface area contributed by atoms with Gasteiger partial charge in [-0.15, -0.1) is 0 Å². The van der Waals surface area contributed by atoms with Gasteiger partial charge in [-0.1, -0.05) is 18.2 Å². The zero-order chi connectivity index (χ0) is 12.8. The van der Waals surface area contributed by atoms with Gasteiger partial charge in [-0.2, -0.15) is 11.8 Å². The second kappa shape index (κ2) is 6.81. The lowest BCUT2D eigenvalue weighted by Crippen LogP contribution is -2.39. The van der Waals surface area contributed by atoms with Crippen LogP contribution in [0, 0.1) is 0 Å². The zero-order valence-corrected chi connectivity index (χ0v) is 11.5. The molecule has 0 aromatic heterocycles. The molecule has 1 aliphatic rings. The second-order valence-corrected chi connectivity index (χ2v) is 5.61. The van der Waals surface area contributed by atoms with Crippen LogP contribution >= 0.6 is 11.8 Å². The van der Waals surface area contributed by atoms with Crippen LogP contribution in [0.2, 0.25) is 0 Å². The molecule has 1 aromatic carbocycles. The van der Waals surface area contributed by atoms with E-state index in [4.69, 9.17) is 4.74 Å². The molecule has 4 heteroatoms. The van der Waals surface area contributed by atoms with E-state index in [0.29, 0.717) is 18.9 Å². The molecule has 0 bridgehead atoms. The molecule has 18 heavy (non-hydrogen) atoms. The van der Waals surface area contributed by atoms with Gasteiger partial charge < -0.3 is 10.1 Å². The SMILES string of the molecule is COc1ccccc1CC(=O)CC1CSCCN1. The van der Waals surface area contributed by atoms with Crippen molar-refractivity contribution in [2.45, 2.75) is 18.9 Å². The summed E-state index contributed by atoms with van der Waals surface area (Å²) in [5, 5.41) is 3.39. The first-order chi connectivity index (χ1) is 8.79. The maximum absolute atomic E-state index is 12.0. The lowest BCUT2D eigenvalue weighted by atomic mass is 10.0. The Morgan fingerprint density at radius 2 is 2.33 bits per heavy atom. The highest BCUT2D eigenvalue weighted by Crippen LogP contribution is 2.19. The molecule has 1 unspecified atom stereocenters. The van der Waals surface area contributed by atoms with Crippen LogP contribution in [-0.2, 0) is 11.2 Å². The monoisotopic (exact) mass is 265 g/mol. The molecule has 0 spiro atoms. The van der Waals surface area contributed by atoms with E-state index in [1.165, 1.54) is 0 Å². The Morgan fingerprint density at radius 1 is 1.50 bits per heavy atom. The van der Waals surface area contributed by atoms with E-state index < -0.39 is 0 Å². The third kappa shape index (κ3) is 3.75. The van der Waals surface area contributed by atoms with Crippen LogP contribution in [-0.4, -0.2) is 37.0 Å². The maximum atomic E-state index is 12.0. The van der Waals surface area contributed by atoms with E-state index >= 15 is 0 Å². The topological polar surface area (TPSA) is 38.3 Å². The quantitative estimate of drug-likeness (QED) is 0.882. The summed E-state index contributed by atoms with van der Waals surface area (Å²) in [4.78, 5) is 12.0. The molecule has 3 nitrogen and oxygen atoms in total. The smallest absolute Gasteiger partial charge is 0.138 e. The van der Waals surface area contributed by atoms with Crippen molar-refractivity contribution in [1.29, 1.82) is 0 Å². The Bertz CT molecular complexity index is 403. The normalized spacial score (nSPS) is 19.5. The number of carbonyl (C=O) groups excluding carboxylic acids is 1. The first-order valence-corrected chi connectivity index (χ1v) is 7.40. The number of ketones is 1. The number of benzene rings is 1. The number of ether oxygens (including phenoxy) is 1. The number of carbonyl (C=O) groups is 1. The minimum absolute atomic E-state index is 0.277. The molecular formula is C14H19NO2S. The molecule has 0 radical (unpaired) electrons. The highest BCUT2D eigenvalue weighted by molar-refractivity contribution is 7.99. The van der Waals surface area contributed by atoms with Gasteiger partial charge in [-0.05, 0) is 6.07 Å². The molecule has 1 aliphatic heterocycles. The minimum Gasteiger partial charge on any atom is -0.496 e. The molecule has 1 saturated heterocycles. The van der Waals surface area contributed by atoms with Gasteiger partial charge in [-0.25, -0.2) is 0 Å². The van der Waals surface area contributed by atoms with Gasteiger partial charge in [0.15, 0.2) is 0 Å². The highest BCUT2D eigenvalue weighted by atomic mass is 32.2. The number of methoxy groups -OCH3 is 1. The summed E-state index contributed by atoms with van der Waals surface area (Å²) in [6.07, 6.45) is 1.08. The number of para-hydroxylation sites is 1. The first-order valence-electron chi connectivity index (χ1n) is 6.24. The Hall–Kier alpha value is -1.00. The van der Waals surface area contributed by atoms with Gasteiger partial charge in [-0.3, -0.25) is 4.79 Å².